The van der Waals surface area contributed by atoms with Gasteiger partial charge in [-0.2, -0.15) is 5.10 Å². The van der Waals surface area contributed by atoms with Crippen molar-refractivity contribution in [1.29, 1.82) is 0 Å². The Bertz CT molecular complexity index is 639. The number of aryl methyl sites for hydroxylation is 1. The molecule has 0 radical (unpaired) electrons. The number of nitrogens with zero attached hydrogens (tertiary/aromatic N) is 4. The van der Waals surface area contributed by atoms with Crippen molar-refractivity contribution < 1.29 is 9.21 Å². The summed E-state index contributed by atoms with van der Waals surface area (Å²) in [6, 6.07) is 3.59. The predicted octanol–water partition coefficient (Wildman–Crippen LogP) is 0.398. The summed E-state index contributed by atoms with van der Waals surface area (Å²) < 4.78 is 6.81. The third-order valence-electron chi connectivity index (χ3n) is 2.98. The lowest BCUT2D eigenvalue weighted by atomic mass is 10.4. The number of amides is 1. The highest BCUT2D eigenvalue weighted by Gasteiger charge is 2.05. The Hall–Kier alpha value is -2.11. The van der Waals surface area contributed by atoms with Crippen molar-refractivity contribution in [3.05, 3.63) is 36.3 Å². The van der Waals surface area contributed by atoms with Crippen molar-refractivity contribution in [1.82, 2.24) is 30.7 Å². The van der Waals surface area contributed by atoms with Crippen LogP contribution in [0.1, 0.15) is 18.5 Å². The van der Waals surface area contributed by atoms with Crippen LogP contribution in [0.5, 0.6) is 0 Å². The van der Waals surface area contributed by atoms with Gasteiger partial charge >= 0.3 is 0 Å². The van der Waals surface area contributed by atoms with Gasteiger partial charge in [0.05, 0.1) is 19.4 Å². The van der Waals surface area contributed by atoms with Gasteiger partial charge in [-0.05, 0) is 19.1 Å². The van der Waals surface area contributed by atoms with E-state index in [2.05, 4.69) is 31.0 Å². The normalized spacial score (nSPS) is 10.8. The van der Waals surface area contributed by atoms with Gasteiger partial charge in [-0.25, -0.2) is 9.98 Å². The first-order valence-electron chi connectivity index (χ1n) is 7.33. The molecule has 24 heavy (non-hydrogen) atoms. The Labute approximate surface area is 157 Å². The number of carbonyl (C=O) groups is 1. The standard InChI is InChI=1S/C14H21N7O2.HI/c1-3-15-14(17-8-12-19-10-20-21(12)2)18-9-13(22)16-7-11-5-4-6-23-11;/h4-6,10H,3,7-9H2,1-2H3,(H,16,22)(H2,15,17,18);1H. The maximum Gasteiger partial charge on any atom is 0.239 e. The molecule has 0 bridgehead atoms. The molecule has 132 valence electrons. The van der Waals surface area contributed by atoms with Gasteiger partial charge in [0.15, 0.2) is 5.96 Å². The first-order valence-corrected chi connectivity index (χ1v) is 7.33. The van der Waals surface area contributed by atoms with Crippen molar-refractivity contribution in [3.8, 4) is 0 Å². The second-order valence-electron chi connectivity index (χ2n) is 4.70. The quantitative estimate of drug-likeness (QED) is 0.322. The number of furan rings is 1. The third kappa shape index (κ3) is 6.56. The van der Waals surface area contributed by atoms with E-state index in [1.165, 1.54) is 6.33 Å². The minimum Gasteiger partial charge on any atom is -0.467 e. The minimum atomic E-state index is -0.148. The number of carbonyl (C=O) groups excluding carboxylic acids is 1. The molecule has 0 saturated heterocycles. The lowest BCUT2D eigenvalue weighted by Gasteiger charge is -2.11. The highest BCUT2D eigenvalue weighted by molar-refractivity contribution is 14.0. The summed E-state index contributed by atoms with van der Waals surface area (Å²) in [6.45, 7) is 3.50. The molecule has 0 saturated carbocycles. The van der Waals surface area contributed by atoms with Gasteiger partial charge in [-0.15, -0.1) is 24.0 Å². The van der Waals surface area contributed by atoms with E-state index in [-0.39, 0.29) is 36.4 Å². The predicted molar refractivity (Wildman–Crippen MR) is 99.8 cm³/mol. The molecule has 0 aliphatic rings. The van der Waals surface area contributed by atoms with E-state index >= 15 is 0 Å². The molecule has 10 heteroatoms. The van der Waals surface area contributed by atoms with Gasteiger partial charge in [0.2, 0.25) is 5.91 Å². The van der Waals surface area contributed by atoms with Crippen LogP contribution in [0.2, 0.25) is 0 Å². The van der Waals surface area contributed by atoms with Crippen LogP contribution in [0.4, 0.5) is 0 Å². The fourth-order valence-corrected chi connectivity index (χ4v) is 1.78. The zero-order chi connectivity index (χ0) is 16.5. The molecule has 0 spiro atoms. The van der Waals surface area contributed by atoms with Gasteiger partial charge in [-0.1, -0.05) is 0 Å². The zero-order valence-electron chi connectivity index (χ0n) is 13.7. The molecule has 0 aliphatic carbocycles. The average Bonchev–Trinajstić information content (AvgIpc) is 3.19. The SMILES string of the molecule is CCNC(=NCc1ncnn1C)NCC(=O)NCc1ccco1.I. The Kier molecular flexibility index (Phi) is 8.83. The highest BCUT2D eigenvalue weighted by Crippen LogP contribution is 1.98. The molecule has 0 aromatic carbocycles. The molecular weight excluding hydrogens is 425 g/mol. The van der Waals surface area contributed by atoms with E-state index in [4.69, 9.17) is 4.42 Å². The molecule has 0 unspecified atom stereocenters. The van der Waals surface area contributed by atoms with Gasteiger partial charge in [-0.3, -0.25) is 9.48 Å². The van der Waals surface area contributed by atoms with Crippen LogP contribution in [-0.4, -0.2) is 39.7 Å². The first kappa shape index (κ1) is 19.9. The van der Waals surface area contributed by atoms with Crippen molar-refractivity contribution in [2.75, 3.05) is 13.1 Å². The van der Waals surface area contributed by atoms with E-state index in [0.29, 0.717) is 31.4 Å². The maximum absolute atomic E-state index is 11.8. The summed E-state index contributed by atoms with van der Waals surface area (Å²) >= 11 is 0. The fraction of sp³-hybridized carbons (Fsp3) is 0.429. The number of rotatable bonds is 7. The van der Waals surface area contributed by atoms with Crippen LogP contribution < -0.4 is 16.0 Å². The van der Waals surface area contributed by atoms with Gasteiger partial charge < -0.3 is 20.4 Å². The molecule has 2 aromatic heterocycles. The average molecular weight is 447 g/mol. The summed E-state index contributed by atoms with van der Waals surface area (Å²) in [5.41, 5.74) is 0. The molecule has 1 amide bonds. The first-order chi connectivity index (χ1) is 11.2. The molecule has 3 N–H and O–H groups in total. The Morgan fingerprint density at radius 2 is 2.21 bits per heavy atom. The summed E-state index contributed by atoms with van der Waals surface area (Å²) in [5, 5.41) is 12.8. The lowest BCUT2D eigenvalue weighted by Crippen LogP contribution is -2.43. The maximum atomic E-state index is 11.8. The van der Waals surface area contributed by atoms with Gasteiger partial charge in [0, 0.05) is 13.6 Å². The largest absolute Gasteiger partial charge is 0.467 e. The number of aliphatic imine (C=N–C) groups is 1. The molecular formula is C14H22IN7O2. The highest BCUT2D eigenvalue weighted by atomic mass is 127. The summed E-state index contributed by atoms with van der Waals surface area (Å²) in [4.78, 5) is 20.3. The molecule has 9 nitrogen and oxygen atoms in total. The second-order valence-corrected chi connectivity index (χ2v) is 4.70. The van der Waals surface area contributed by atoms with Crippen molar-refractivity contribution in [3.63, 3.8) is 0 Å². The van der Waals surface area contributed by atoms with Crippen LogP contribution in [0.3, 0.4) is 0 Å². The lowest BCUT2D eigenvalue weighted by molar-refractivity contribution is -0.120. The third-order valence-corrected chi connectivity index (χ3v) is 2.98. The van der Waals surface area contributed by atoms with Crippen LogP contribution in [0.15, 0.2) is 34.1 Å². The zero-order valence-corrected chi connectivity index (χ0v) is 16.0. The Balaban J connectivity index is 0.00000288. The summed E-state index contributed by atoms with van der Waals surface area (Å²) in [7, 11) is 1.81. The number of hydrogen-bond acceptors (Lipinski definition) is 5. The Morgan fingerprint density at radius 1 is 1.38 bits per heavy atom. The molecule has 0 atom stereocenters. The number of nitrogens with one attached hydrogen (secondary N) is 3. The van der Waals surface area contributed by atoms with Crippen LogP contribution >= 0.6 is 24.0 Å². The molecule has 2 rings (SSSR count). The van der Waals surface area contributed by atoms with E-state index in [9.17, 15) is 4.79 Å². The number of hydrogen-bond donors (Lipinski definition) is 3. The summed E-state index contributed by atoms with van der Waals surface area (Å²) in [6.07, 6.45) is 3.05. The van der Waals surface area contributed by atoms with Crippen molar-refractivity contribution >= 4 is 35.8 Å². The van der Waals surface area contributed by atoms with Crippen LogP contribution in [-0.2, 0) is 24.9 Å². The molecule has 0 fully saturated rings. The van der Waals surface area contributed by atoms with E-state index in [1.54, 1.807) is 30.1 Å². The molecule has 0 aliphatic heterocycles. The van der Waals surface area contributed by atoms with Crippen LogP contribution in [0.25, 0.3) is 0 Å². The van der Waals surface area contributed by atoms with E-state index in [0.717, 1.165) is 5.82 Å². The number of aromatic nitrogens is 3. The van der Waals surface area contributed by atoms with Crippen molar-refractivity contribution in [2.45, 2.75) is 20.0 Å². The van der Waals surface area contributed by atoms with Gasteiger partial charge in [0.1, 0.15) is 24.5 Å². The fourth-order valence-electron chi connectivity index (χ4n) is 1.78. The smallest absolute Gasteiger partial charge is 0.239 e. The minimum absolute atomic E-state index is 0. The van der Waals surface area contributed by atoms with Gasteiger partial charge in [0.25, 0.3) is 0 Å². The van der Waals surface area contributed by atoms with Crippen LogP contribution in [0, 0.1) is 0 Å². The van der Waals surface area contributed by atoms with E-state index < -0.39 is 0 Å². The second kappa shape index (κ2) is 10.6. The van der Waals surface area contributed by atoms with E-state index in [1.807, 2.05) is 6.92 Å². The molecule has 2 aromatic rings. The topological polar surface area (TPSA) is 109 Å². The molecule has 2 heterocycles. The number of guanidine groups is 1. The number of halogens is 1. The monoisotopic (exact) mass is 447 g/mol. The Morgan fingerprint density at radius 3 is 2.83 bits per heavy atom. The summed E-state index contributed by atoms with van der Waals surface area (Å²) in [5.74, 6) is 1.85. The van der Waals surface area contributed by atoms with Crippen molar-refractivity contribution in [2.24, 2.45) is 12.0 Å².